The Bertz CT molecular complexity index is 1160. The van der Waals surface area contributed by atoms with E-state index >= 15 is 0 Å². The fourth-order valence-corrected chi connectivity index (χ4v) is 4.01. The van der Waals surface area contributed by atoms with Gasteiger partial charge in [-0.15, -0.1) is 5.10 Å². The van der Waals surface area contributed by atoms with Gasteiger partial charge in [-0.25, -0.2) is 4.39 Å². The molecular formula is C25H27FN4O3. The molecule has 0 saturated carbocycles. The van der Waals surface area contributed by atoms with Crippen molar-refractivity contribution >= 4 is 11.7 Å². The average molecular weight is 451 g/mol. The van der Waals surface area contributed by atoms with Crippen molar-refractivity contribution in [3.05, 3.63) is 82.4 Å². The first-order chi connectivity index (χ1) is 16.0. The van der Waals surface area contributed by atoms with Gasteiger partial charge in [-0.1, -0.05) is 18.2 Å². The average Bonchev–Trinajstić information content (AvgIpc) is 2.84. The number of para-hydroxylation sites is 1. The van der Waals surface area contributed by atoms with Gasteiger partial charge in [-0.3, -0.25) is 9.59 Å². The monoisotopic (exact) mass is 450 g/mol. The number of carbonyl (C=O) groups excluding carboxylic acids is 1. The van der Waals surface area contributed by atoms with Gasteiger partial charge in [-0.2, -0.15) is 4.68 Å². The largest absolute Gasteiger partial charge is 0.494 e. The molecule has 1 fully saturated rings. The molecular weight excluding hydrogens is 423 g/mol. The maximum absolute atomic E-state index is 13.3. The Balaban J connectivity index is 1.44. The van der Waals surface area contributed by atoms with E-state index in [1.165, 1.54) is 35.0 Å². The number of rotatable bonds is 7. The Kier molecular flexibility index (Phi) is 7.02. The molecule has 1 saturated heterocycles. The van der Waals surface area contributed by atoms with E-state index in [4.69, 9.17) is 4.74 Å². The number of ether oxygens (including phenoxy) is 1. The van der Waals surface area contributed by atoms with Crippen LogP contribution >= 0.6 is 0 Å². The summed E-state index contributed by atoms with van der Waals surface area (Å²) in [6, 6.07) is 16.4. The molecule has 1 atom stereocenters. The molecule has 7 nitrogen and oxygen atoms in total. The molecule has 1 N–H and O–H groups in total. The number of nitrogens with zero attached hydrogens (tertiary/aromatic N) is 3. The van der Waals surface area contributed by atoms with E-state index in [1.807, 2.05) is 36.1 Å². The molecule has 4 rings (SSSR count). The minimum absolute atomic E-state index is 0.0159. The minimum Gasteiger partial charge on any atom is -0.494 e. The lowest BCUT2D eigenvalue weighted by molar-refractivity contribution is -0.125. The normalized spacial score (nSPS) is 15.8. The van der Waals surface area contributed by atoms with Crippen molar-refractivity contribution in [2.75, 3.05) is 24.6 Å². The number of hydrogen-bond acceptors (Lipinski definition) is 5. The number of nitrogens with one attached hydrogen (secondary N) is 1. The van der Waals surface area contributed by atoms with Gasteiger partial charge in [0.15, 0.2) is 0 Å². The summed E-state index contributed by atoms with van der Waals surface area (Å²) in [5, 5.41) is 7.51. The second-order valence-corrected chi connectivity index (χ2v) is 7.96. The van der Waals surface area contributed by atoms with Crippen LogP contribution in [0.15, 0.2) is 65.5 Å². The Labute approximate surface area is 191 Å². The molecule has 0 bridgehead atoms. The molecule has 2 heterocycles. The van der Waals surface area contributed by atoms with Crippen LogP contribution < -0.4 is 20.5 Å². The van der Waals surface area contributed by atoms with Gasteiger partial charge in [0.25, 0.3) is 5.56 Å². The molecule has 0 spiro atoms. The van der Waals surface area contributed by atoms with E-state index in [0.717, 1.165) is 30.7 Å². The maximum atomic E-state index is 13.3. The summed E-state index contributed by atoms with van der Waals surface area (Å²) in [5.74, 6) is 0.802. The van der Waals surface area contributed by atoms with E-state index in [2.05, 4.69) is 10.4 Å². The van der Waals surface area contributed by atoms with Crippen molar-refractivity contribution < 1.29 is 13.9 Å². The fourth-order valence-electron chi connectivity index (χ4n) is 4.01. The summed E-state index contributed by atoms with van der Waals surface area (Å²) in [4.78, 5) is 27.2. The first-order valence-electron chi connectivity index (χ1n) is 11.1. The molecule has 33 heavy (non-hydrogen) atoms. The lowest BCUT2D eigenvalue weighted by atomic mass is 9.97. The zero-order valence-electron chi connectivity index (χ0n) is 18.5. The van der Waals surface area contributed by atoms with Gasteiger partial charge in [0.1, 0.15) is 17.4 Å². The predicted molar refractivity (Wildman–Crippen MR) is 124 cm³/mol. The van der Waals surface area contributed by atoms with E-state index in [9.17, 15) is 14.0 Å². The van der Waals surface area contributed by atoms with Crippen molar-refractivity contribution in [1.29, 1.82) is 0 Å². The standard InChI is InChI=1S/C25H27FN4O3/c1-2-33-22-8-4-3-6-18(22)16-27-25(32)19-7-5-15-29(17-19)23-13-14-24(31)30(28-23)21-11-9-20(26)10-12-21/h3-4,6,8-14,19H,2,5,7,15-17H2,1H3,(H,27,32). The molecule has 1 aliphatic rings. The number of aromatic nitrogens is 2. The summed E-state index contributed by atoms with van der Waals surface area (Å²) in [6.45, 7) is 4.15. The quantitative estimate of drug-likeness (QED) is 0.598. The van der Waals surface area contributed by atoms with Crippen LogP contribution in [-0.4, -0.2) is 35.4 Å². The van der Waals surface area contributed by atoms with Crippen molar-refractivity contribution in [3.8, 4) is 11.4 Å². The van der Waals surface area contributed by atoms with E-state index in [0.29, 0.717) is 31.2 Å². The summed E-state index contributed by atoms with van der Waals surface area (Å²) in [5.41, 5.74) is 1.13. The van der Waals surface area contributed by atoms with Gasteiger partial charge in [0.05, 0.1) is 18.2 Å². The van der Waals surface area contributed by atoms with Gasteiger partial charge in [0, 0.05) is 31.3 Å². The summed E-state index contributed by atoms with van der Waals surface area (Å²) >= 11 is 0. The lowest BCUT2D eigenvalue weighted by Gasteiger charge is -2.33. The van der Waals surface area contributed by atoms with Crippen LogP contribution in [0.2, 0.25) is 0 Å². The van der Waals surface area contributed by atoms with Gasteiger partial charge in [0.2, 0.25) is 5.91 Å². The van der Waals surface area contributed by atoms with Crippen LogP contribution in [0.3, 0.4) is 0 Å². The highest BCUT2D eigenvalue weighted by atomic mass is 19.1. The molecule has 0 aliphatic carbocycles. The molecule has 8 heteroatoms. The van der Waals surface area contributed by atoms with Crippen LogP contribution in [0, 0.1) is 11.7 Å². The predicted octanol–water partition coefficient (Wildman–Crippen LogP) is 3.30. The highest BCUT2D eigenvalue weighted by molar-refractivity contribution is 5.79. The fraction of sp³-hybridized carbons (Fsp3) is 0.320. The van der Waals surface area contributed by atoms with Crippen LogP contribution in [0.4, 0.5) is 10.2 Å². The third-order valence-electron chi connectivity index (χ3n) is 5.70. The zero-order chi connectivity index (χ0) is 23.2. The topological polar surface area (TPSA) is 76.5 Å². The van der Waals surface area contributed by atoms with E-state index in [1.54, 1.807) is 6.07 Å². The molecule has 2 aromatic carbocycles. The second-order valence-electron chi connectivity index (χ2n) is 7.96. The van der Waals surface area contributed by atoms with E-state index < -0.39 is 0 Å². The first kappa shape index (κ1) is 22.5. The first-order valence-corrected chi connectivity index (χ1v) is 11.1. The Morgan fingerprint density at radius 3 is 2.73 bits per heavy atom. The maximum Gasteiger partial charge on any atom is 0.271 e. The molecule has 3 aromatic rings. The highest BCUT2D eigenvalue weighted by Crippen LogP contribution is 2.23. The third kappa shape index (κ3) is 5.39. The lowest BCUT2D eigenvalue weighted by Crippen LogP contribution is -2.43. The Hall–Kier alpha value is -3.68. The molecule has 1 aliphatic heterocycles. The van der Waals surface area contributed by atoms with Crippen LogP contribution in [0.5, 0.6) is 5.75 Å². The van der Waals surface area contributed by atoms with E-state index in [-0.39, 0.29) is 23.2 Å². The van der Waals surface area contributed by atoms with Crippen molar-refractivity contribution in [2.45, 2.75) is 26.3 Å². The van der Waals surface area contributed by atoms with Crippen LogP contribution in [0.25, 0.3) is 5.69 Å². The minimum atomic E-state index is -0.378. The number of anilines is 1. The smallest absolute Gasteiger partial charge is 0.271 e. The van der Waals surface area contributed by atoms with Crippen LogP contribution in [0.1, 0.15) is 25.3 Å². The zero-order valence-corrected chi connectivity index (χ0v) is 18.5. The molecule has 1 aromatic heterocycles. The molecule has 1 amide bonds. The number of piperidine rings is 1. The molecule has 172 valence electrons. The number of benzene rings is 2. The highest BCUT2D eigenvalue weighted by Gasteiger charge is 2.27. The van der Waals surface area contributed by atoms with Gasteiger partial charge >= 0.3 is 0 Å². The summed E-state index contributed by atoms with van der Waals surface area (Å²) in [7, 11) is 0. The third-order valence-corrected chi connectivity index (χ3v) is 5.70. The van der Waals surface area contributed by atoms with Crippen molar-refractivity contribution in [1.82, 2.24) is 15.1 Å². The number of halogens is 1. The number of hydrogen-bond donors (Lipinski definition) is 1. The Morgan fingerprint density at radius 2 is 1.94 bits per heavy atom. The SMILES string of the molecule is CCOc1ccccc1CNC(=O)C1CCCN(c2ccc(=O)n(-c3ccc(F)cc3)n2)C1. The summed E-state index contributed by atoms with van der Waals surface area (Å²) < 4.78 is 20.2. The second kappa shape index (κ2) is 10.3. The Morgan fingerprint density at radius 1 is 1.15 bits per heavy atom. The molecule has 0 radical (unpaired) electrons. The number of amides is 1. The van der Waals surface area contributed by atoms with Crippen LogP contribution in [-0.2, 0) is 11.3 Å². The summed E-state index contributed by atoms with van der Waals surface area (Å²) in [6.07, 6.45) is 1.62. The molecule has 1 unspecified atom stereocenters. The number of carbonyl (C=O) groups is 1. The van der Waals surface area contributed by atoms with Crippen molar-refractivity contribution in [2.24, 2.45) is 5.92 Å². The van der Waals surface area contributed by atoms with Gasteiger partial charge in [-0.05, 0) is 56.2 Å². The van der Waals surface area contributed by atoms with Gasteiger partial charge < -0.3 is 15.0 Å². The van der Waals surface area contributed by atoms with Crippen molar-refractivity contribution in [3.63, 3.8) is 0 Å².